The van der Waals surface area contributed by atoms with Crippen molar-refractivity contribution in [2.75, 3.05) is 10.5 Å². The Kier molecular flexibility index (Phi) is 4.15. The second-order valence-corrected chi connectivity index (χ2v) is 7.33. The highest BCUT2D eigenvalue weighted by Gasteiger charge is 2.11. The van der Waals surface area contributed by atoms with Gasteiger partial charge in [-0.3, -0.25) is 14.3 Å². The van der Waals surface area contributed by atoms with E-state index in [0.717, 1.165) is 11.1 Å². The van der Waals surface area contributed by atoms with Crippen molar-refractivity contribution < 1.29 is 12.8 Å². The summed E-state index contributed by atoms with van der Waals surface area (Å²) in [5.74, 6) is -0.373. The number of aryl methyl sites for hydroxylation is 1. The number of pyridine rings is 1. The molecule has 0 aliphatic heterocycles. The van der Waals surface area contributed by atoms with Crippen LogP contribution in [0, 0.1) is 0 Å². The number of benzene rings is 1. The maximum atomic E-state index is 11.9. The fourth-order valence-corrected chi connectivity index (χ4v) is 3.57. The first-order valence-corrected chi connectivity index (χ1v) is 9.10. The van der Waals surface area contributed by atoms with Crippen LogP contribution in [0.5, 0.6) is 0 Å². The summed E-state index contributed by atoms with van der Waals surface area (Å²) in [5.41, 5.74) is 3.11. The molecule has 0 unspecified atom stereocenters. The van der Waals surface area contributed by atoms with Crippen LogP contribution in [0.1, 0.15) is 13.3 Å². The summed E-state index contributed by atoms with van der Waals surface area (Å²) < 4.78 is 32.8. The van der Waals surface area contributed by atoms with Gasteiger partial charge in [0, 0.05) is 18.8 Å². The maximum Gasteiger partial charge on any atom is 0.419 e. The number of aromatic nitrogens is 2. The lowest BCUT2D eigenvalue weighted by molar-refractivity contribution is 0.528. The zero-order chi connectivity index (χ0) is 17.3. The van der Waals surface area contributed by atoms with Crippen LogP contribution in [0.2, 0.25) is 0 Å². The number of anilines is 1. The van der Waals surface area contributed by atoms with Gasteiger partial charge in [0.05, 0.1) is 23.2 Å². The van der Waals surface area contributed by atoms with Gasteiger partial charge in [-0.2, -0.15) is 0 Å². The van der Waals surface area contributed by atoms with E-state index in [2.05, 4.69) is 9.71 Å². The molecule has 0 bridgehead atoms. The number of nitrogens with zero attached hydrogens (tertiary/aromatic N) is 2. The standard InChI is InChI=1S/C16H17N3O4S/c1-3-6-24(21,22)18-13-7-12(9-17-10-13)11-4-5-15-14(8-11)19(2)16(20)23-15/h4-5,7-10,18H,3,6H2,1-2H3. The smallest absolute Gasteiger partial charge is 0.408 e. The predicted octanol–water partition coefficient (Wildman–Crippen LogP) is 2.35. The molecular formula is C16H17N3O4S. The minimum Gasteiger partial charge on any atom is -0.408 e. The van der Waals surface area contributed by atoms with Crippen LogP contribution in [0.15, 0.2) is 45.9 Å². The van der Waals surface area contributed by atoms with Gasteiger partial charge in [-0.1, -0.05) is 13.0 Å². The molecular weight excluding hydrogens is 330 g/mol. The molecule has 0 aliphatic rings. The van der Waals surface area contributed by atoms with Crippen LogP contribution in [-0.4, -0.2) is 23.7 Å². The summed E-state index contributed by atoms with van der Waals surface area (Å²) >= 11 is 0. The zero-order valence-corrected chi connectivity index (χ0v) is 14.1. The van der Waals surface area contributed by atoms with Crippen molar-refractivity contribution in [3.8, 4) is 11.1 Å². The molecule has 0 spiro atoms. The second kappa shape index (κ2) is 6.12. The molecule has 3 rings (SSSR count). The lowest BCUT2D eigenvalue weighted by Gasteiger charge is -2.08. The molecule has 7 nitrogen and oxygen atoms in total. The first-order chi connectivity index (χ1) is 11.4. The van der Waals surface area contributed by atoms with Crippen molar-refractivity contribution in [2.45, 2.75) is 13.3 Å². The Morgan fingerprint density at radius 1 is 1.21 bits per heavy atom. The maximum absolute atomic E-state index is 11.9. The SMILES string of the molecule is CCCS(=O)(=O)Nc1cncc(-c2ccc3oc(=O)n(C)c3c2)c1. The van der Waals surface area contributed by atoms with E-state index < -0.39 is 15.8 Å². The van der Waals surface area contributed by atoms with Crippen molar-refractivity contribution in [3.63, 3.8) is 0 Å². The molecule has 0 aliphatic carbocycles. The fourth-order valence-electron chi connectivity index (χ4n) is 2.46. The van der Waals surface area contributed by atoms with Gasteiger partial charge in [-0.25, -0.2) is 13.2 Å². The van der Waals surface area contributed by atoms with E-state index >= 15 is 0 Å². The number of sulfonamides is 1. The van der Waals surface area contributed by atoms with Crippen LogP contribution in [0.25, 0.3) is 22.2 Å². The number of nitrogens with one attached hydrogen (secondary N) is 1. The van der Waals surface area contributed by atoms with Gasteiger partial charge in [0.25, 0.3) is 0 Å². The number of hydrogen-bond donors (Lipinski definition) is 1. The second-order valence-electron chi connectivity index (χ2n) is 5.49. The molecule has 1 aromatic carbocycles. The van der Waals surface area contributed by atoms with Crippen molar-refractivity contribution in [2.24, 2.45) is 7.05 Å². The molecule has 0 amide bonds. The van der Waals surface area contributed by atoms with E-state index in [1.807, 2.05) is 6.07 Å². The topological polar surface area (TPSA) is 94.2 Å². The van der Waals surface area contributed by atoms with E-state index in [1.54, 1.807) is 38.4 Å². The Labute approximate surface area is 139 Å². The average Bonchev–Trinajstić information content (AvgIpc) is 2.81. The Morgan fingerprint density at radius 3 is 2.75 bits per heavy atom. The van der Waals surface area contributed by atoms with E-state index in [-0.39, 0.29) is 5.75 Å². The summed E-state index contributed by atoms with van der Waals surface area (Å²) in [4.78, 5) is 15.7. The predicted molar refractivity (Wildman–Crippen MR) is 92.4 cm³/mol. The van der Waals surface area contributed by atoms with Crippen LogP contribution in [0.3, 0.4) is 0 Å². The minimum atomic E-state index is -3.37. The molecule has 1 N–H and O–H groups in total. The fraction of sp³-hybridized carbons (Fsp3) is 0.250. The van der Waals surface area contributed by atoms with E-state index in [0.29, 0.717) is 23.2 Å². The third-order valence-corrected chi connectivity index (χ3v) is 5.10. The van der Waals surface area contributed by atoms with Crippen molar-refractivity contribution >= 4 is 26.8 Å². The van der Waals surface area contributed by atoms with E-state index in [4.69, 9.17) is 4.42 Å². The number of rotatable bonds is 5. The van der Waals surface area contributed by atoms with Crippen LogP contribution >= 0.6 is 0 Å². The van der Waals surface area contributed by atoms with Crippen molar-refractivity contribution in [3.05, 3.63) is 47.2 Å². The highest BCUT2D eigenvalue weighted by atomic mass is 32.2. The highest BCUT2D eigenvalue weighted by Crippen LogP contribution is 2.25. The largest absolute Gasteiger partial charge is 0.419 e. The monoisotopic (exact) mass is 347 g/mol. The first-order valence-electron chi connectivity index (χ1n) is 7.45. The molecule has 2 heterocycles. The van der Waals surface area contributed by atoms with Crippen LogP contribution in [0.4, 0.5) is 5.69 Å². The normalized spacial score (nSPS) is 11.8. The van der Waals surface area contributed by atoms with Crippen LogP contribution in [-0.2, 0) is 17.1 Å². The van der Waals surface area contributed by atoms with Gasteiger partial charge in [-0.05, 0) is 30.2 Å². The lowest BCUT2D eigenvalue weighted by atomic mass is 10.1. The van der Waals surface area contributed by atoms with E-state index in [9.17, 15) is 13.2 Å². The molecule has 3 aromatic rings. The molecule has 2 aromatic heterocycles. The van der Waals surface area contributed by atoms with Crippen molar-refractivity contribution in [1.82, 2.24) is 9.55 Å². The molecule has 0 saturated heterocycles. The lowest BCUT2D eigenvalue weighted by Crippen LogP contribution is -2.16. The number of fused-ring (bicyclic) bond motifs is 1. The molecule has 8 heteroatoms. The number of oxazole rings is 1. The summed E-state index contributed by atoms with van der Waals surface area (Å²) in [6, 6.07) is 7.02. The van der Waals surface area contributed by atoms with Gasteiger partial charge in [0.1, 0.15) is 0 Å². The van der Waals surface area contributed by atoms with Gasteiger partial charge in [0.15, 0.2) is 5.58 Å². The highest BCUT2D eigenvalue weighted by molar-refractivity contribution is 7.92. The van der Waals surface area contributed by atoms with E-state index in [1.165, 1.54) is 10.8 Å². The molecule has 0 atom stereocenters. The Morgan fingerprint density at radius 2 is 2.00 bits per heavy atom. The Bertz CT molecular complexity index is 1050. The Hall–Kier alpha value is -2.61. The average molecular weight is 347 g/mol. The molecule has 0 fully saturated rings. The van der Waals surface area contributed by atoms with Crippen molar-refractivity contribution in [1.29, 1.82) is 0 Å². The van der Waals surface area contributed by atoms with Gasteiger partial charge < -0.3 is 4.42 Å². The first kappa shape index (κ1) is 16.3. The third-order valence-electron chi connectivity index (χ3n) is 3.61. The summed E-state index contributed by atoms with van der Waals surface area (Å²) in [5, 5.41) is 0. The molecule has 0 saturated carbocycles. The number of hydrogen-bond acceptors (Lipinski definition) is 5. The van der Waals surface area contributed by atoms with Gasteiger partial charge in [-0.15, -0.1) is 0 Å². The summed E-state index contributed by atoms with van der Waals surface area (Å²) in [6.45, 7) is 1.80. The molecule has 126 valence electrons. The third kappa shape index (κ3) is 3.18. The summed E-state index contributed by atoms with van der Waals surface area (Å²) in [6.07, 6.45) is 3.63. The minimum absolute atomic E-state index is 0.0559. The zero-order valence-electron chi connectivity index (χ0n) is 13.3. The van der Waals surface area contributed by atoms with Gasteiger partial charge in [0.2, 0.25) is 10.0 Å². The summed E-state index contributed by atoms with van der Waals surface area (Å²) in [7, 11) is -1.74. The quantitative estimate of drug-likeness (QED) is 0.764. The Balaban J connectivity index is 2.00. The van der Waals surface area contributed by atoms with Crippen LogP contribution < -0.4 is 10.5 Å². The van der Waals surface area contributed by atoms with Gasteiger partial charge >= 0.3 is 5.76 Å². The molecule has 24 heavy (non-hydrogen) atoms. The molecule has 0 radical (unpaired) electrons.